The number of nitrogens with one attached hydrogen (secondary N) is 1. The van der Waals surface area contributed by atoms with Gasteiger partial charge in [0, 0.05) is 32.2 Å². The molecule has 0 unspecified atom stereocenters. The Bertz CT molecular complexity index is 468. The van der Waals surface area contributed by atoms with Crippen LogP contribution in [0.2, 0.25) is 0 Å². The molecule has 2 rings (SSSR count). The van der Waals surface area contributed by atoms with Crippen LogP contribution in [0, 0.1) is 0 Å². The van der Waals surface area contributed by atoms with E-state index in [9.17, 15) is 5.11 Å². The Morgan fingerprint density at radius 3 is 2.75 bits per heavy atom. The summed E-state index contributed by atoms with van der Waals surface area (Å²) in [7, 11) is 1.65. The Hall–Kier alpha value is -1.52. The van der Waals surface area contributed by atoms with E-state index in [-0.39, 0.29) is 6.04 Å². The fourth-order valence-electron chi connectivity index (χ4n) is 2.78. The number of ether oxygens (including phenoxy) is 1. The minimum atomic E-state index is 0.116. The molecule has 0 aromatic heterocycles. The lowest BCUT2D eigenvalue weighted by Gasteiger charge is -2.36. The second-order valence-corrected chi connectivity index (χ2v) is 5.36. The molecule has 1 fully saturated rings. The van der Waals surface area contributed by atoms with E-state index in [4.69, 9.17) is 4.74 Å². The fourth-order valence-corrected chi connectivity index (χ4v) is 2.78. The van der Waals surface area contributed by atoms with Crippen LogP contribution in [-0.2, 0) is 0 Å². The van der Waals surface area contributed by atoms with Crippen molar-refractivity contribution in [3.05, 3.63) is 35.9 Å². The molecule has 1 aromatic rings. The molecule has 4 heteroatoms. The van der Waals surface area contributed by atoms with Gasteiger partial charge in [-0.1, -0.05) is 11.6 Å². The normalized spacial score (nSPS) is 17.7. The number of hydrogen-bond acceptors (Lipinski definition) is 4. The third-order valence-corrected chi connectivity index (χ3v) is 3.73. The van der Waals surface area contributed by atoms with E-state index in [0.717, 1.165) is 49.5 Å². The molecule has 1 aliphatic rings. The molecule has 1 atom stereocenters. The average molecular weight is 276 g/mol. The van der Waals surface area contributed by atoms with Crippen molar-refractivity contribution in [1.29, 1.82) is 0 Å². The van der Waals surface area contributed by atoms with Gasteiger partial charge in [-0.05, 0) is 25.5 Å². The maximum Gasteiger partial charge on any atom is 0.127 e. The van der Waals surface area contributed by atoms with E-state index in [1.807, 2.05) is 19.1 Å². The number of rotatable bonds is 5. The molecule has 0 radical (unpaired) electrons. The quantitative estimate of drug-likeness (QED) is 0.810. The summed E-state index contributed by atoms with van der Waals surface area (Å²) in [6, 6.07) is 5.56. The predicted molar refractivity (Wildman–Crippen MR) is 81.3 cm³/mol. The minimum Gasteiger partial charge on any atom is -0.507 e. The maximum atomic E-state index is 10.3. The lowest BCUT2D eigenvalue weighted by atomic mass is 9.96. The Morgan fingerprint density at radius 2 is 2.15 bits per heavy atom. The van der Waals surface area contributed by atoms with Crippen molar-refractivity contribution >= 4 is 0 Å². The van der Waals surface area contributed by atoms with Gasteiger partial charge in [0.15, 0.2) is 0 Å². The number of nitrogens with zero attached hydrogens (tertiary/aromatic N) is 1. The van der Waals surface area contributed by atoms with Crippen molar-refractivity contribution in [3.8, 4) is 11.5 Å². The first-order valence-electron chi connectivity index (χ1n) is 7.08. The molecule has 0 spiro atoms. The van der Waals surface area contributed by atoms with Crippen molar-refractivity contribution < 1.29 is 9.84 Å². The van der Waals surface area contributed by atoms with Crippen LogP contribution >= 0.6 is 0 Å². The zero-order valence-corrected chi connectivity index (χ0v) is 12.4. The van der Waals surface area contributed by atoms with Crippen molar-refractivity contribution in [2.45, 2.75) is 19.4 Å². The molecule has 2 N–H and O–H groups in total. The highest BCUT2D eigenvalue weighted by molar-refractivity contribution is 5.46. The minimum absolute atomic E-state index is 0.116. The highest BCUT2D eigenvalue weighted by Gasteiger charge is 2.27. The molecule has 4 nitrogen and oxygen atoms in total. The first-order valence-corrected chi connectivity index (χ1v) is 7.08. The fraction of sp³-hybridized carbons (Fsp3) is 0.500. The van der Waals surface area contributed by atoms with Crippen molar-refractivity contribution in [2.24, 2.45) is 0 Å². The van der Waals surface area contributed by atoms with E-state index in [0.29, 0.717) is 5.75 Å². The number of piperazine rings is 1. The third-order valence-electron chi connectivity index (χ3n) is 3.73. The lowest BCUT2D eigenvalue weighted by molar-refractivity contribution is 0.167. The van der Waals surface area contributed by atoms with Gasteiger partial charge in [0.05, 0.1) is 12.7 Å². The highest BCUT2D eigenvalue weighted by atomic mass is 16.5. The van der Waals surface area contributed by atoms with E-state index < -0.39 is 0 Å². The number of phenolic OH excluding ortho intramolecular Hbond substituents is 1. The molecule has 0 bridgehead atoms. The number of aromatic hydroxyl groups is 1. The van der Waals surface area contributed by atoms with E-state index in [1.54, 1.807) is 13.2 Å². The Morgan fingerprint density at radius 1 is 1.45 bits per heavy atom. The van der Waals surface area contributed by atoms with Gasteiger partial charge < -0.3 is 15.2 Å². The van der Waals surface area contributed by atoms with Gasteiger partial charge in [0.25, 0.3) is 0 Å². The molecule has 110 valence electrons. The summed E-state index contributed by atoms with van der Waals surface area (Å²) in [4.78, 5) is 2.39. The van der Waals surface area contributed by atoms with Crippen LogP contribution in [0.4, 0.5) is 0 Å². The average Bonchev–Trinajstić information content (AvgIpc) is 2.45. The molecule has 1 heterocycles. The second-order valence-electron chi connectivity index (χ2n) is 5.36. The molecule has 0 amide bonds. The van der Waals surface area contributed by atoms with Crippen LogP contribution in [0.15, 0.2) is 30.4 Å². The largest absolute Gasteiger partial charge is 0.507 e. The molecule has 0 aliphatic carbocycles. The van der Waals surface area contributed by atoms with Gasteiger partial charge >= 0.3 is 0 Å². The van der Waals surface area contributed by atoms with Gasteiger partial charge in [-0.15, -0.1) is 6.58 Å². The molecule has 20 heavy (non-hydrogen) atoms. The van der Waals surface area contributed by atoms with Crippen LogP contribution in [0.1, 0.15) is 24.9 Å². The summed E-state index contributed by atoms with van der Waals surface area (Å²) in [5.74, 6) is 1.05. The standard InChI is InChI=1S/C16H24N2O2/c1-12(2)11-13(18-9-7-17-8-10-18)16-14(19)5-4-6-15(16)20-3/h4-6,13,17,19H,1,7-11H2,2-3H3/t13-/m1/s1. The van der Waals surface area contributed by atoms with Crippen LogP contribution in [0.25, 0.3) is 0 Å². The molecule has 0 saturated carbocycles. The van der Waals surface area contributed by atoms with Gasteiger partial charge in [-0.2, -0.15) is 0 Å². The Kier molecular flexibility index (Phi) is 5.04. The molecular formula is C16H24N2O2. The Balaban J connectivity index is 2.37. The maximum absolute atomic E-state index is 10.3. The molecule has 1 aromatic carbocycles. The van der Waals surface area contributed by atoms with Gasteiger partial charge in [0.1, 0.15) is 11.5 Å². The van der Waals surface area contributed by atoms with Gasteiger partial charge in [0.2, 0.25) is 0 Å². The molecule has 1 saturated heterocycles. The van der Waals surface area contributed by atoms with Gasteiger partial charge in [-0.25, -0.2) is 0 Å². The Labute approximate surface area is 121 Å². The number of phenols is 1. The van der Waals surface area contributed by atoms with E-state index >= 15 is 0 Å². The van der Waals surface area contributed by atoms with Crippen molar-refractivity contribution in [3.63, 3.8) is 0 Å². The summed E-state index contributed by atoms with van der Waals surface area (Å²) in [5, 5.41) is 13.6. The topological polar surface area (TPSA) is 44.7 Å². The summed E-state index contributed by atoms with van der Waals surface area (Å²) < 4.78 is 5.45. The first kappa shape index (κ1) is 14.9. The van der Waals surface area contributed by atoms with Crippen LogP contribution < -0.4 is 10.1 Å². The van der Waals surface area contributed by atoms with E-state index in [2.05, 4.69) is 16.8 Å². The first-order chi connectivity index (χ1) is 9.63. The monoisotopic (exact) mass is 276 g/mol. The molecular weight excluding hydrogens is 252 g/mol. The van der Waals surface area contributed by atoms with Crippen molar-refractivity contribution in [1.82, 2.24) is 10.2 Å². The summed E-state index contributed by atoms with van der Waals surface area (Å²) in [6.45, 7) is 9.95. The zero-order chi connectivity index (χ0) is 14.5. The third kappa shape index (κ3) is 3.32. The number of methoxy groups -OCH3 is 1. The van der Waals surface area contributed by atoms with Crippen LogP contribution in [0.5, 0.6) is 11.5 Å². The number of hydrogen-bond donors (Lipinski definition) is 2. The van der Waals surface area contributed by atoms with Crippen LogP contribution in [-0.4, -0.2) is 43.3 Å². The SMILES string of the molecule is C=C(C)C[C@H](c1c(O)cccc1OC)N1CCNCC1. The highest BCUT2D eigenvalue weighted by Crippen LogP contribution is 2.39. The number of benzene rings is 1. The van der Waals surface area contributed by atoms with Crippen LogP contribution in [0.3, 0.4) is 0 Å². The summed E-state index contributed by atoms with van der Waals surface area (Å²) in [6.07, 6.45) is 0.827. The van der Waals surface area contributed by atoms with E-state index in [1.165, 1.54) is 0 Å². The smallest absolute Gasteiger partial charge is 0.127 e. The zero-order valence-electron chi connectivity index (χ0n) is 12.4. The summed E-state index contributed by atoms with van der Waals surface area (Å²) >= 11 is 0. The lowest BCUT2D eigenvalue weighted by Crippen LogP contribution is -2.45. The van der Waals surface area contributed by atoms with Crippen molar-refractivity contribution in [2.75, 3.05) is 33.3 Å². The second kappa shape index (κ2) is 6.77. The molecule has 1 aliphatic heterocycles. The van der Waals surface area contributed by atoms with Gasteiger partial charge in [-0.3, -0.25) is 4.90 Å². The predicted octanol–water partition coefficient (Wildman–Crippen LogP) is 2.31. The summed E-state index contributed by atoms with van der Waals surface area (Å²) in [5.41, 5.74) is 1.98.